The van der Waals surface area contributed by atoms with Crippen molar-refractivity contribution < 1.29 is 14.0 Å². The van der Waals surface area contributed by atoms with Gasteiger partial charge in [-0.25, -0.2) is 0 Å². The summed E-state index contributed by atoms with van der Waals surface area (Å²) in [4.78, 5) is 6.45. The van der Waals surface area contributed by atoms with Crippen LogP contribution in [0.4, 0.5) is 0 Å². The van der Waals surface area contributed by atoms with Crippen molar-refractivity contribution in [2.75, 3.05) is 34.9 Å². The molecule has 0 aliphatic heterocycles. The lowest BCUT2D eigenvalue weighted by Crippen LogP contribution is -2.39. The average molecular weight is 409 g/mol. The number of hydrogen-bond donors (Lipinski definition) is 1. The first-order valence-corrected chi connectivity index (χ1v) is 9.78. The molecule has 0 atom stereocenters. The number of methoxy groups -OCH3 is 2. The van der Waals surface area contributed by atoms with Crippen molar-refractivity contribution >= 4 is 5.96 Å². The van der Waals surface area contributed by atoms with Crippen LogP contribution in [0.25, 0.3) is 11.3 Å². The lowest BCUT2D eigenvalue weighted by atomic mass is 10.1. The van der Waals surface area contributed by atoms with Gasteiger partial charge >= 0.3 is 0 Å². The third-order valence-corrected chi connectivity index (χ3v) is 4.80. The predicted molar refractivity (Wildman–Crippen MR) is 118 cm³/mol. The summed E-state index contributed by atoms with van der Waals surface area (Å²) in [6, 6.07) is 17.8. The zero-order valence-electron chi connectivity index (χ0n) is 17.9. The fourth-order valence-corrected chi connectivity index (χ4v) is 3.13. The van der Waals surface area contributed by atoms with Crippen molar-refractivity contribution in [3.05, 3.63) is 65.9 Å². The van der Waals surface area contributed by atoms with Gasteiger partial charge in [-0.2, -0.15) is 0 Å². The Labute approximate surface area is 177 Å². The van der Waals surface area contributed by atoms with Crippen LogP contribution in [0.3, 0.4) is 0 Å². The van der Waals surface area contributed by atoms with Gasteiger partial charge in [0, 0.05) is 32.3 Å². The summed E-state index contributed by atoms with van der Waals surface area (Å²) in [5.74, 6) is 3.01. The quantitative estimate of drug-likeness (QED) is 0.454. The van der Waals surface area contributed by atoms with Crippen LogP contribution >= 0.6 is 0 Å². The molecule has 0 saturated heterocycles. The van der Waals surface area contributed by atoms with E-state index in [1.165, 1.54) is 5.56 Å². The second-order valence-electron chi connectivity index (χ2n) is 6.81. The number of aromatic nitrogens is 1. The average Bonchev–Trinajstić information content (AvgIpc) is 3.27. The molecule has 3 rings (SSSR count). The van der Waals surface area contributed by atoms with Crippen LogP contribution in [0.5, 0.6) is 11.5 Å². The van der Waals surface area contributed by atoms with Crippen LogP contribution in [-0.4, -0.2) is 50.9 Å². The van der Waals surface area contributed by atoms with Crippen LogP contribution in [0.2, 0.25) is 0 Å². The molecular weight excluding hydrogens is 380 g/mol. The molecule has 30 heavy (non-hydrogen) atoms. The smallest absolute Gasteiger partial charge is 0.193 e. The number of aliphatic imine (C=N–C) groups is 1. The Morgan fingerprint density at radius 2 is 1.83 bits per heavy atom. The van der Waals surface area contributed by atoms with E-state index in [1.54, 1.807) is 21.3 Å². The Bertz CT molecular complexity index is 970. The Morgan fingerprint density at radius 3 is 2.53 bits per heavy atom. The molecule has 1 aromatic heterocycles. The molecule has 0 bridgehead atoms. The highest BCUT2D eigenvalue weighted by Crippen LogP contribution is 2.27. The number of guanidine groups is 1. The van der Waals surface area contributed by atoms with E-state index in [1.807, 2.05) is 61.6 Å². The van der Waals surface area contributed by atoms with E-state index in [9.17, 15) is 0 Å². The van der Waals surface area contributed by atoms with Crippen molar-refractivity contribution in [2.24, 2.45) is 4.99 Å². The maximum atomic E-state index is 5.46. The van der Waals surface area contributed by atoms with Gasteiger partial charge in [0.05, 0.1) is 20.8 Å². The van der Waals surface area contributed by atoms with Gasteiger partial charge < -0.3 is 24.2 Å². The van der Waals surface area contributed by atoms with Crippen LogP contribution in [0, 0.1) is 0 Å². The summed E-state index contributed by atoms with van der Waals surface area (Å²) in [5, 5.41) is 7.49. The first-order chi connectivity index (χ1) is 14.6. The minimum absolute atomic E-state index is 0.531. The van der Waals surface area contributed by atoms with Crippen LogP contribution in [0.15, 0.2) is 64.1 Å². The highest BCUT2D eigenvalue weighted by atomic mass is 16.5. The van der Waals surface area contributed by atoms with Crippen molar-refractivity contribution in [2.45, 2.75) is 13.0 Å². The molecule has 7 nitrogen and oxygen atoms in total. The van der Waals surface area contributed by atoms with Gasteiger partial charge in [0.25, 0.3) is 0 Å². The SMILES string of the molecule is CN=C(NCc1cc(-c2ccccc2)on1)N(C)CCc1ccc(OC)c(OC)c1. The normalized spacial score (nSPS) is 11.3. The number of nitrogens with one attached hydrogen (secondary N) is 1. The third-order valence-electron chi connectivity index (χ3n) is 4.80. The summed E-state index contributed by atoms with van der Waals surface area (Å²) in [5.41, 5.74) is 3.00. The molecular formula is C23H28N4O3. The number of benzene rings is 2. The number of rotatable bonds is 8. The van der Waals surface area contributed by atoms with E-state index in [-0.39, 0.29) is 0 Å². The highest BCUT2D eigenvalue weighted by Gasteiger charge is 2.11. The zero-order valence-corrected chi connectivity index (χ0v) is 17.9. The first-order valence-electron chi connectivity index (χ1n) is 9.78. The maximum absolute atomic E-state index is 5.46. The predicted octanol–water partition coefficient (Wildman–Crippen LogP) is 3.61. The lowest BCUT2D eigenvalue weighted by molar-refractivity contribution is 0.354. The van der Waals surface area contributed by atoms with E-state index in [0.717, 1.165) is 47.4 Å². The van der Waals surface area contributed by atoms with Gasteiger partial charge in [-0.05, 0) is 24.1 Å². The molecule has 0 aliphatic carbocycles. The minimum Gasteiger partial charge on any atom is -0.493 e. The summed E-state index contributed by atoms with van der Waals surface area (Å²) in [6.45, 7) is 1.33. The zero-order chi connectivity index (χ0) is 21.3. The minimum atomic E-state index is 0.531. The standard InChI is InChI=1S/C23H28N4O3/c1-24-23(25-16-19-15-21(30-26-19)18-8-6-5-7-9-18)27(2)13-12-17-10-11-20(28-3)22(14-17)29-4/h5-11,14-15H,12-13,16H2,1-4H3,(H,24,25). The largest absolute Gasteiger partial charge is 0.493 e. The van der Waals surface area contributed by atoms with Crippen molar-refractivity contribution in [1.82, 2.24) is 15.4 Å². The molecule has 7 heteroatoms. The molecule has 158 valence electrons. The van der Waals surface area contributed by atoms with Gasteiger partial charge in [0.1, 0.15) is 5.69 Å². The Hall–Kier alpha value is -3.48. The highest BCUT2D eigenvalue weighted by molar-refractivity contribution is 5.79. The third kappa shape index (κ3) is 5.31. The van der Waals surface area contributed by atoms with Crippen LogP contribution in [-0.2, 0) is 13.0 Å². The molecule has 0 saturated carbocycles. The molecule has 0 radical (unpaired) electrons. The molecule has 3 aromatic rings. The van der Waals surface area contributed by atoms with Gasteiger partial charge in [-0.1, -0.05) is 41.6 Å². The van der Waals surface area contributed by atoms with Crippen LogP contribution < -0.4 is 14.8 Å². The molecule has 0 unspecified atom stereocenters. The van der Waals surface area contributed by atoms with Crippen molar-refractivity contribution in [1.29, 1.82) is 0 Å². The van der Waals surface area contributed by atoms with E-state index in [2.05, 4.69) is 20.4 Å². The van der Waals surface area contributed by atoms with Gasteiger partial charge in [0.2, 0.25) is 0 Å². The topological polar surface area (TPSA) is 72.1 Å². The second kappa shape index (κ2) is 10.3. The molecule has 0 fully saturated rings. The summed E-state index contributed by atoms with van der Waals surface area (Å²) in [7, 11) is 7.06. The molecule has 0 spiro atoms. The Kier molecular flexibility index (Phi) is 7.32. The lowest BCUT2D eigenvalue weighted by Gasteiger charge is -2.22. The number of hydrogen-bond acceptors (Lipinski definition) is 5. The maximum Gasteiger partial charge on any atom is 0.193 e. The van der Waals surface area contributed by atoms with Crippen molar-refractivity contribution in [3.8, 4) is 22.8 Å². The summed E-state index contributed by atoms with van der Waals surface area (Å²) in [6.07, 6.45) is 0.847. The Morgan fingerprint density at radius 1 is 1.07 bits per heavy atom. The van der Waals surface area contributed by atoms with Gasteiger partial charge in [-0.15, -0.1) is 0 Å². The molecule has 0 amide bonds. The van der Waals surface area contributed by atoms with Crippen molar-refractivity contribution in [3.63, 3.8) is 0 Å². The van der Waals surface area contributed by atoms with Gasteiger partial charge in [-0.3, -0.25) is 4.99 Å². The molecule has 1 N–H and O–H groups in total. The number of nitrogens with zero attached hydrogens (tertiary/aromatic N) is 3. The fourth-order valence-electron chi connectivity index (χ4n) is 3.13. The molecule has 0 aliphatic rings. The number of ether oxygens (including phenoxy) is 2. The first kappa shape index (κ1) is 21.2. The van der Waals surface area contributed by atoms with E-state index in [4.69, 9.17) is 14.0 Å². The fraction of sp³-hybridized carbons (Fsp3) is 0.304. The summed E-state index contributed by atoms with van der Waals surface area (Å²) >= 11 is 0. The van der Waals surface area contributed by atoms with Gasteiger partial charge in [0.15, 0.2) is 23.2 Å². The monoisotopic (exact) mass is 408 g/mol. The summed E-state index contributed by atoms with van der Waals surface area (Å²) < 4.78 is 16.1. The Balaban J connectivity index is 1.54. The molecule has 2 aromatic carbocycles. The van der Waals surface area contributed by atoms with E-state index >= 15 is 0 Å². The molecule has 1 heterocycles. The number of likely N-dealkylation sites (N-methyl/N-ethyl adjacent to an activating group) is 1. The van der Waals surface area contributed by atoms with E-state index < -0.39 is 0 Å². The van der Waals surface area contributed by atoms with Crippen LogP contribution in [0.1, 0.15) is 11.3 Å². The second-order valence-corrected chi connectivity index (χ2v) is 6.81. The van der Waals surface area contributed by atoms with E-state index in [0.29, 0.717) is 6.54 Å².